The molecule has 1 amide bonds. The van der Waals surface area contributed by atoms with Crippen molar-refractivity contribution in [1.82, 2.24) is 29.7 Å². The highest BCUT2D eigenvalue weighted by molar-refractivity contribution is 5.93. The molecule has 7 nitrogen and oxygen atoms in total. The third-order valence-corrected chi connectivity index (χ3v) is 4.78. The normalized spacial score (nSPS) is 14.6. The van der Waals surface area contributed by atoms with Gasteiger partial charge in [0.05, 0.1) is 5.69 Å². The van der Waals surface area contributed by atoms with Gasteiger partial charge in [0.1, 0.15) is 5.69 Å². The lowest BCUT2D eigenvalue weighted by Gasteiger charge is -2.10. The van der Waals surface area contributed by atoms with E-state index in [1.807, 2.05) is 20.0 Å². The first-order valence-electron chi connectivity index (χ1n) is 9.05. The van der Waals surface area contributed by atoms with E-state index in [0.717, 1.165) is 30.2 Å². The number of rotatable bonds is 5. The lowest BCUT2D eigenvalue weighted by atomic mass is 10.2. The SMILES string of the molecule is CCn1cc(CNC(=O)c2cc3nc(C4CC4)cc(C(F)(F)F)n3n2)c(C)n1. The summed E-state index contributed by atoms with van der Waals surface area (Å²) in [4.78, 5) is 16.7. The number of halogens is 3. The van der Waals surface area contributed by atoms with Crippen LogP contribution in [0.1, 0.15) is 58.8 Å². The van der Waals surface area contributed by atoms with Crippen molar-refractivity contribution in [2.45, 2.75) is 51.9 Å². The standard InChI is InChI=1S/C18H19F3N6O/c1-3-26-9-12(10(2)24-26)8-22-17(28)14-7-16-23-13(11-4-5-11)6-15(18(19,20)21)27(16)25-14/h6-7,9,11H,3-5,8H2,1-2H3,(H,22,28). The van der Waals surface area contributed by atoms with Crippen molar-refractivity contribution in [2.75, 3.05) is 0 Å². The van der Waals surface area contributed by atoms with E-state index in [2.05, 4.69) is 20.5 Å². The van der Waals surface area contributed by atoms with E-state index in [-0.39, 0.29) is 23.8 Å². The van der Waals surface area contributed by atoms with E-state index in [1.165, 1.54) is 6.07 Å². The highest BCUT2D eigenvalue weighted by atomic mass is 19.4. The Labute approximate surface area is 158 Å². The molecule has 3 aromatic rings. The molecule has 0 aromatic carbocycles. The van der Waals surface area contributed by atoms with Gasteiger partial charge in [-0.15, -0.1) is 0 Å². The van der Waals surface area contributed by atoms with Crippen LogP contribution in [0.4, 0.5) is 13.2 Å². The number of hydrogen-bond donors (Lipinski definition) is 1. The van der Waals surface area contributed by atoms with Crippen LogP contribution in [0, 0.1) is 6.92 Å². The van der Waals surface area contributed by atoms with Crippen LogP contribution in [0.15, 0.2) is 18.3 Å². The summed E-state index contributed by atoms with van der Waals surface area (Å²) in [6, 6.07) is 2.32. The molecule has 0 bridgehead atoms. The first-order chi connectivity index (χ1) is 13.3. The maximum atomic E-state index is 13.4. The molecule has 0 unspecified atom stereocenters. The summed E-state index contributed by atoms with van der Waals surface area (Å²) in [6.45, 7) is 4.70. The van der Waals surface area contributed by atoms with Gasteiger partial charge in [-0.1, -0.05) is 0 Å². The summed E-state index contributed by atoms with van der Waals surface area (Å²) in [7, 11) is 0. The molecule has 3 aromatic heterocycles. The average molecular weight is 392 g/mol. The number of fused-ring (bicyclic) bond motifs is 1. The number of hydrogen-bond acceptors (Lipinski definition) is 4. The zero-order valence-electron chi connectivity index (χ0n) is 15.4. The Morgan fingerprint density at radius 3 is 2.64 bits per heavy atom. The first kappa shape index (κ1) is 18.5. The van der Waals surface area contributed by atoms with Gasteiger partial charge >= 0.3 is 6.18 Å². The fraction of sp³-hybridized carbons (Fsp3) is 0.444. The third kappa shape index (κ3) is 3.46. The van der Waals surface area contributed by atoms with Gasteiger partial charge in [-0.3, -0.25) is 9.48 Å². The molecule has 0 saturated heterocycles. The summed E-state index contributed by atoms with van der Waals surface area (Å²) in [5, 5.41) is 10.8. The fourth-order valence-corrected chi connectivity index (χ4v) is 3.06. The van der Waals surface area contributed by atoms with Gasteiger partial charge in [0, 0.05) is 42.5 Å². The van der Waals surface area contributed by atoms with Crippen molar-refractivity contribution in [2.24, 2.45) is 0 Å². The predicted octanol–water partition coefficient (Wildman–Crippen LogP) is 3.08. The average Bonchev–Trinajstić information content (AvgIpc) is 3.30. The Morgan fingerprint density at radius 2 is 2.04 bits per heavy atom. The number of carbonyl (C=O) groups is 1. The summed E-state index contributed by atoms with van der Waals surface area (Å²) >= 11 is 0. The minimum atomic E-state index is -4.59. The predicted molar refractivity (Wildman–Crippen MR) is 93.8 cm³/mol. The number of nitrogens with zero attached hydrogens (tertiary/aromatic N) is 5. The Hall–Kier alpha value is -2.91. The van der Waals surface area contributed by atoms with Crippen LogP contribution in [0.25, 0.3) is 5.65 Å². The second-order valence-corrected chi connectivity index (χ2v) is 6.92. The van der Waals surface area contributed by atoms with Crippen LogP contribution in [-0.4, -0.2) is 30.3 Å². The van der Waals surface area contributed by atoms with Crippen molar-refractivity contribution in [1.29, 1.82) is 0 Å². The van der Waals surface area contributed by atoms with E-state index < -0.39 is 17.8 Å². The smallest absolute Gasteiger partial charge is 0.346 e. The second kappa shape index (κ2) is 6.61. The molecule has 0 radical (unpaired) electrons. The molecule has 1 fully saturated rings. The monoisotopic (exact) mass is 392 g/mol. The van der Waals surface area contributed by atoms with Gasteiger partial charge in [-0.05, 0) is 32.8 Å². The van der Waals surface area contributed by atoms with Gasteiger partial charge < -0.3 is 5.32 Å². The van der Waals surface area contributed by atoms with E-state index >= 15 is 0 Å². The second-order valence-electron chi connectivity index (χ2n) is 6.92. The Bertz CT molecular complexity index is 1050. The number of alkyl halides is 3. The van der Waals surface area contributed by atoms with Crippen molar-refractivity contribution in [3.8, 4) is 0 Å². The quantitative estimate of drug-likeness (QED) is 0.724. The van der Waals surface area contributed by atoms with Crippen molar-refractivity contribution in [3.05, 3.63) is 46.7 Å². The van der Waals surface area contributed by atoms with Gasteiger partial charge in [-0.25, -0.2) is 9.50 Å². The minimum Gasteiger partial charge on any atom is -0.346 e. The summed E-state index contributed by atoms with van der Waals surface area (Å²) in [6.07, 6.45) is -1.11. The molecule has 1 aliphatic rings. The van der Waals surface area contributed by atoms with Crippen molar-refractivity contribution in [3.63, 3.8) is 0 Å². The van der Waals surface area contributed by atoms with Crippen LogP contribution in [-0.2, 0) is 19.3 Å². The van der Waals surface area contributed by atoms with Crippen LogP contribution in [0.5, 0.6) is 0 Å². The van der Waals surface area contributed by atoms with E-state index in [9.17, 15) is 18.0 Å². The zero-order valence-corrected chi connectivity index (χ0v) is 15.4. The topological polar surface area (TPSA) is 77.1 Å². The molecule has 148 valence electrons. The van der Waals surface area contributed by atoms with Gasteiger partial charge in [0.2, 0.25) is 0 Å². The number of aromatic nitrogens is 5. The maximum absolute atomic E-state index is 13.4. The van der Waals surface area contributed by atoms with Crippen molar-refractivity contribution >= 4 is 11.6 Å². The van der Waals surface area contributed by atoms with E-state index in [4.69, 9.17) is 0 Å². The highest BCUT2D eigenvalue weighted by Crippen LogP contribution is 2.41. The lowest BCUT2D eigenvalue weighted by Crippen LogP contribution is -2.23. The molecule has 0 atom stereocenters. The van der Waals surface area contributed by atoms with Gasteiger partial charge in [0.25, 0.3) is 5.91 Å². The molecule has 10 heteroatoms. The van der Waals surface area contributed by atoms with Gasteiger partial charge in [0.15, 0.2) is 11.3 Å². The largest absolute Gasteiger partial charge is 0.433 e. The van der Waals surface area contributed by atoms with E-state index in [0.29, 0.717) is 16.8 Å². The maximum Gasteiger partial charge on any atom is 0.433 e. The van der Waals surface area contributed by atoms with Crippen LogP contribution in [0.3, 0.4) is 0 Å². The number of nitrogens with one attached hydrogen (secondary N) is 1. The lowest BCUT2D eigenvalue weighted by molar-refractivity contribution is -0.142. The van der Waals surface area contributed by atoms with Crippen molar-refractivity contribution < 1.29 is 18.0 Å². The summed E-state index contributed by atoms with van der Waals surface area (Å²) < 4.78 is 42.8. The molecule has 1 N–H and O–H groups in total. The third-order valence-electron chi connectivity index (χ3n) is 4.78. The molecular formula is C18H19F3N6O. The molecule has 0 spiro atoms. The Kier molecular flexibility index (Phi) is 4.35. The van der Waals surface area contributed by atoms with Crippen LogP contribution in [0.2, 0.25) is 0 Å². The van der Waals surface area contributed by atoms with Crippen LogP contribution >= 0.6 is 0 Å². The summed E-state index contributed by atoms with van der Waals surface area (Å²) in [5.74, 6) is -0.508. The Morgan fingerprint density at radius 1 is 1.29 bits per heavy atom. The number of amides is 1. The zero-order chi connectivity index (χ0) is 20.1. The number of aryl methyl sites for hydroxylation is 2. The van der Waals surface area contributed by atoms with Gasteiger partial charge in [-0.2, -0.15) is 23.4 Å². The molecule has 28 heavy (non-hydrogen) atoms. The first-order valence-corrected chi connectivity index (χ1v) is 9.05. The highest BCUT2D eigenvalue weighted by Gasteiger charge is 2.37. The molecule has 4 rings (SSSR count). The van der Waals surface area contributed by atoms with E-state index in [1.54, 1.807) is 4.68 Å². The molecule has 1 saturated carbocycles. The minimum absolute atomic E-state index is 0.0249. The molecule has 1 aliphatic carbocycles. The molecule has 0 aliphatic heterocycles. The Balaban J connectivity index is 1.61. The summed E-state index contributed by atoms with van der Waals surface area (Å²) in [5.41, 5.74) is 1.02. The molecule has 3 heterocycles. The molecular weight excluding hydrogens is 373 g/mol. The number of carbonyl (C=O) groups excluding carboxylic acids is 1. The fourth-order valence-electron chi connectivity index (χ4n) is 3.06. The van der Waals surface area contributed by atoms with Crippen LogP contribution < -0.4 is 5.32 Å².